The first kappa shape index (κ1) is 27.8. The van der Waals surface area contributed by atoms with E-state index in [-0.39, 0.29) is 43.7 Å². The van der Waals surface area contributed by atoms with Crippen molar-refractivity contribution in [2.24, 2.45) is 0 Å². The van der Waals surface area contributed by atoms with E-state index >= 15 is 0 Å². The van der Waals surface area contributed by atoms with Crippen molar-refractivity contribution in [3.63, 3.8) is 0 Å². The highest BCUT2D eigenvalue weighted by Crippen LogP contribution is 2.43. The minimum atomic E-state index is -4.23. The Morgan fingerprint density at radius 2 is 1.64 bits per heavy atom. The number of benzene rings is 3. The van der Waals surface area contributed by atoms with E-state index in [1.54, 1.807) is 51.9 Å². The van der Waals surface area contributed by atoms with Crippen LogP contribution in [0.25, 0.3) is 0 Å². The van der Waals surface area contributed by atoms with Crippen LogP contribution in [0.5, 0.6) is 0 Å². The molecule has 0 N–H and O–H groups in total. The number of halogens is 2. The Bertz CT molecular complexity index is 1510. The molecule has 2 heterocycles. The van der Waals surface area contributed by atoms with Gasteiger partial charge in [0.1, 0.15) is 4.90 Å². The topological polar surface area (TPSA) is 78.0 Å². The lowest BCUT2D eigenvalue weighted by Gasteiger charge is -2.42. The van der Waals surface area contributed by atoms with E-state index in [0.717, 1.165) is 5.56 Å². The molecule has 1 spiro atoms. The van der Waals surface area contributed by atoms with Gasteiger partial charge >= 0.3 is 0 Å². The van der Waals surface area contributed by atoms with Crippen molar-refractivity contribution < 1.29 is 18.0 Å². The lowest BCUT2D eigenvalue weighted by atomic mass is 10.0. The Kier molecular flexibility index (Phi) is 7.88. The highest BCUT2D eigenvalue weighted by molar-refractivity contribution is 8.01. The normalized spacial score (nSPS) is 17.1. The van der Waals surface area contributed by atoms with Gasteiger partial charge in [0.15, 0.2) is 0 Å². The predicted molar refractivity (Wildman–Crippen MR) is 156 cm³/mol. The fraction of sp³-hybridized carbons (Fsp3) is 0.286. The highest BCUT2D eigenvalue weighted by Gasteiger charge is 2.46. The number of piperidine rings is 1. The molecule has 0 aliphatic carbocycles. The molecule has 2 aliphatic rings. The van der Waals surface area contributed by atoms with Gasteiger partial charge < -0.3 is 9.80 Å². The fourth-order valence-electron chi connectivity index (χ4n) is 4.99. The summed E-state index contributed by atoms with van der Waals surface area (Å²) in [5, 5.41) is 0.285. The second-order valence-corrected chi connectivity index (χ2v) is 13.6. The zero-order valence-corrected chi connectivity index (χ0v) is 24.4. The summed E-state index contributed by atoms with van der Waals surface area (Å²) in [6.45, 7) is 0.960. The van der Waals surface area contributed by atoms with Crippen LogP contribution in [0.1, 0.15) is 28.8 Å². The molecule has 39 heavy (non-hydrogen) atoms. The molecule has 0 bridgehead atoms. The number of para-hydroxylation sites is 1. The Balaban J connectivity index is 1.45. The number of likely N-dealkylation sites (tertiary alicyclic amines) is 1. The maximum atomic E-state index is 14.1. The lowest BCUT2D eigenvalue weighted by molar-refractivity contribution is -0.129. The summed E-state index contributed by atoms with van der Waals surface area (Å²) in [5.41, 5.74) is 1.31. The largest absolute Gasteiger partial charge is 0.338 e. The molecule has 0 atom stereocenters. The number of carbonyl (C=O) groups is 2. The Morgan fingerprint density at radius 3 is 2.28 bits per heavy atom. The maximum absolute atomic E-state index is 14.1. The van der Waals surface area contributed by atoms with Gasteiger partial charge in [0.05, 0.1) is 32.9 Å². The summed E-state index contributed by atoms with van der Waals surface area (Å²) in [7, 11) is -2.41. The first-order valence-corrected chi connectivity index (χ1v) is 15.6. The summed E-state index contributed by atoms with van der Waals surface area (Å²) in [5.74, 6) is 0.279. The average molecular weight is 605 g/mol. The molecule has 2 aliphatic heterocycles. The quantitative estimate of drug-likeness (QED) is 0.370. The van der Waals surface area contributed by atoms with Crippen LogP contribution in [0.15, 0.2) is 77.7 Å². The van der Waals surface area contributed by atoms with Crippen LogP contribution in [-0.2, 0) is 21.4 Å². The highest BCUT2D eigenvalue weighted by atomic mass is 35.5. The molecule has 0 saturated carbocycles. The number of nitrogens with zero attached hydrogens (tertiary/aromatic N) is 3. The van der Waals surface area contributed by atoms with Crippen LogP contribution in [0.4, 0.5) is 5.69 Å². The summed E-state index contributed by atoms with van der Waals surface area (Å²) in [6, 6.07) is 20.2. The molecule has 0 unspecified atom stereocenters. The van der Waals surface area contributed by atoms with Gasteiger partial charge in [-0.1, -0.05) is 65.7 Å². The number of rotatable bonds is 6. The molecule has 0 aromatic heterocycles. The summed E-state index contributed by atoms with van der Waals surface area (Å²) in [4.78, 5) is 28.6. The molecule has 2 amide bonds. The zero-order valence-electron chi connectivity index (χ0n) is 21.2. The third-order valence-electron chi connectivity index (χ3n) is 7.32. The van der Waals surface area contributed by atoms with Gasteiger partial charge in [-0.3, -0.25) is 13.9 Å². The number of thioether (sulfide) groups is 1. The van der Waals surface area contributed by atoms with Crippen LogP contribution in [0, 0.1) is 0 Å². The van der Waals surface area contributed by atoms with Gasteiger partial charge in [0, 0.05) is 25.7 Å². The molecule has 2 saturated heterocycles. The monoisotopic (exact) mass is 603 g/mol. The lowest BCUT2D eigenvalue weighted by Crippen LogP contribution is -2.51. The van der Waals surface area contributed by atoms with Crippen LogP contribution < -0.4 is 4.31 Å². The standard InChI is InChI=1S/C28H27Cl2N3O4S2/c1-31-26(34)19-38-28(31)13-15-32(16-14-28)27(35)21-11-12-23(30)25(17-21)39(36,37)33(18-20-7-3-2-4-8-20)24-10-6-5-9-22(24)29/h2-12,17H,13-16,18-19H2,1H3. The maximum Gasteiger partial charge on any atom is 0.266 e. The Labute approximate surface area is 242 Å². The molecule has 7 nitrogen and oxygen atoms in total. The van der Waals surface area contributed by atoms with E-state index in [1.807, 2.05) is 37.4 Å². The third-order valence-corrected chi connectivity index (χ3v) is 11.5. The molecule has 204 valence electrons. The molecular weight excluding hydrogens is 577 g/mol. The third kappa shape index (κ3) is 5.37. The molecule has 5 rings (SSSR count). The predicted octanol–water partition coefficient (Wildman–Crippen LogP) is 5.53. The van der Waals surface area contributed by atoms with E-state index in [0.29, 0.717) is 37.4 Å². The van der Waals surface area contributed by atoms with E-state index < -0.39 is 10.0 Å². The molecule has 3 aromatic carbocycles. The van der Waals surface area contributed by atoms with Crippen LogP contribution in [-0.4, -0.2) is 60.8 Å². The van der Waals surface area contributed by atoms with Crippen molar-refractivity contribution in [2.75, 3.05) is 30.2 Å². The Hall–Kier alpha value is -2.72. The number of hydrogen-bond donors (Lipinski definition) is 0. The van der Waals surface area contributed by atoms with Gasteiger partial charge in [0.2, 0.25) is 5.91 Å². The van der Waals surface area contributed by atoms with Crippen molar-refractivity contribution in [1.29, 1.82) is 0 Å². The number of anilines is 1. The zero-order chi connectivity index (χ0) is 27.8. The molecular formula is C28H27Cl2N3O4S2. The van der Waals surface area contributed by atoms with Crippen LogP contribution in [0.3, 0.4) is 0 Å². The van der Waals surface area contributed by atoms with E-state index in [9.17, 15) is 18.0 Å². The Morgan fingerprint density at radius 1 is 0.974 bits per heavy atom. The average Bonchev–Trinajstić information content (AvgIpc) is 3.21. The smallest absolute Gasteiger partial charge is 0.266 e. The number of amides is 2. The van der Waals surface area contributed by atoms with Gasteiger partial charge in [-0.15, -0.1) is 11.8 Å². The summed E-state index contributed by atoms with van der Waals surface area (Å²) >= 11 is 14.5. The fourth-order valence-corrected chi connectivity index (χ4v) is 8.61. The van der Waals surface area contributed by atoms with Crippen molar-refractivity contribution in [3.05, 3.63) is 94.0 Å². The SMILES string of the molecule is CN1C(=O)CSC12CCN(C(=O)c1ccc(Cl)c(S(=O)(=O)N(Cc3ccccc3)c3ccccc3Cl)c1)CC2. The second-order valence-electron chi connectivity index (χ2n) is 9.57. The van der Waals surface area contributed by atoms with Crippen molar-refractivity contribution >= 4 is 62.5 Å². The van der Waals surface area contributed by atoms with Crippen molar-refractivity contribution in [3.8, 4) is 0 Å². The molecule has 0 radical (unpaired) electrons. The van der Waals surface area contributed by atoms with Gasteiger partial charge in [-0.05, 0) is 48.7 Å². The molecule has 3 aromatic rings. The number of hydrogen-bond acceptors (Lipinski definition) is 5. The summed E-state index contributed by atoms with van der Waals surface area (Å²) in [6.07, 6.45) is 1.31. The first-order chi connectivity index (χ1) is 18.6. The van der Waals surface area contributed by atoms with Gasteiger partial charge in [-0.2, -0.15) is 0 Å². The van der Waals surface area contributed by atoms with E-state index in [2.05, 4.69) is 0 Å². The van der Waals surface area contributed by atoms with Gasteiger partial charge in [-0.25, -0.2) is 8.42 Å². The number of carbonyl (C=O) groups excluding carboxylic acids is 2. The van der Waals surface area contributed by atoms with Crippen molar-refractivity contribution in [1.82, 2.24) is 9.80 Å². The second kappa shape index (κ2) is 11.0. The van der Waals surface area contributed by atoms with Crippen LogP contribution >= 0.6 is 35.0 Å². The summed E-state index contributed by atoms with van der Waals surface area (Å²) < 4.78 is 29.4. The van der Waals surface area contributed by atoms with E-state index in [1.165, 1.54) is 16.4 Å². The van der Waals surface area contributed by atoms with Crippen LogP contribution in [0.2, 0.25) is 10.0 Å². The first-order valence-electron chi connectivity index (χ1n) is 12.4. The minimum Gasteiger partial charge on any atom is -0.338 e. The van der Waals surface area contributed by atoms with E-state index in [4.69, 9.17) is 23.2 Å². The minimum absolute atomic E-state index is 0.0109. The molecule has 2 fully saturated rings. The van der Waals surface area contributed by atoms with Crippen molar-refractivity contribution in [2.45, 2.75) is 29.2 Å². The molecule has 11 heteroatoms. The number of sulfonamides is 1. The van der Waals surface area contributed by atoms with Gasteiger partial charge in [0.25, 0.3) is 15.9 Å².